The van der Waals surface area contributed by atoms with Crippen molar-refractivity contribution in [3.8, 4) is 11.5 Å². The quantitative estimate of drug-likeness (QED) is 0.654. The third-order valence-corrected chi connectivity index (χ3v) is 7.88. The molecule has 32 heavy (non-hydrogen) atoms. The molecule has 0 spiro atoms. The number of hydrogen-bond acceptors (Lipinski definition) is 5. The molecule has 0 aliphatic carbocycles. The molecule has 3 rings (SSSR count). The van der Waals surface area contributed by atoms with E-state index in [1.54, 1.807) is 27.2 Å². The average molecular weight is 461 g/mol. The van der Waals surface area contributed by atoms with E-state index in [9.17, 15) is 13.2 Å². The van der Waals surface area contributed by atoms with Gasteiger partial charge in [0.2, 0.25) is 15.9 Å². The zero-order chi connectivity index (χ0) is 23.3. The van der Waals surface area contributed by atoms with Crippen molar-refractivity contribution in [3.63, 3.8) is 0 Å². The topological polar surface area (TPSA) is 84.9 Å². The molecule has 0 bridgehead atoms. The zero-order valence-corrected chi connectivity index (χ0v) is 20.0. The van der Waals surface area contributed by atoms with Crippen LogP contribution in [0, 0.1) is 19.8 Å². The van der Waals surface area contributed by atoms with Gasteiger partial charge in [0.15, 0.2) is 11.5 Å². The van der Waals surface area contributed by atoms with E-state index in [1.165, 1.54) is 4.31 Å². The Hall–Kier alpha value is -2.58. The van der Waals surface area contributed by atoms with E-state index in [1.807, 2.05) is 37.3 Å². The zero-order valence-electron chi connectivity index (χ0n) is 19.2. The molecule has 1 aliphatic rings. The van der Waals surface area contributed by atoms with Gasteiger partial charge >= 0.3 is 0 Å². The number of ether oxygens (including phenoxy) is 2. The highest BCUT2D eigenvalue weighted by Crippen LogP contribution is 2.28. The molecule has 1 heterocycles. The van der Waals surface area contributed by atoms with Crippen molar-refractivity contribution in [2.75, 3.05) is 33.9 Å². The number of amides is 1. The summed E-state index contributed by atoms with van der Waals surface area (Å²) in [6.45, 7) is 4.79. The van der Waals surface area contributed by atoms with E-state index in [2.05, 4.69) is 5.32 Å². The third-order valence-electron chi connectivity index (χ3n) is 5.88. The molecule has 1 atom stereocenters. The number of nitrogens with zero attached hydrogens (tertiary/aromatic N) is 1. The Balaban J connectivity index is 1.60. The lowest BCUT2D eigenvalue weighted by Crippen LogP contribution is -2.45. The average Bonchev–Trinajstić information content (AvgIpc) is 2.80. The highest BCUT2D eigenvalue weighted by molar-refractivity contribution is 7.89. The van der Waals surface area contributed by atoms with Gasteiger partial charge in [-0.3, -0.25) is 4.79 Å². The van der Waals surface area contributed by atoms with Crippen molar-refractivity contribution in [3.05, 3.63) is 53.1 Å². The number of methoxy groups -OCH3 is 2. The maximum absolute atomic E-state index is 13.2. The Morgan fingerprint density at radius 2 is 1.84 bits per heavy atom. The Kier molecular flexibility index (Phi) is 7.79. The van der Waals surface area contributed by atoms with Gasteiger partial charge in [-0.2, -0.15) is 4.31 Å². The van der Waals surface area contributed by atoms with Crippen LogP contribution in [-0.4, -0.2) is 52.5 Å². The van der Waals surface area contributed by atoms with Crippen LogP contribution in [0.15, 0.2) is 41.3 Å². The van der Waals surface area contributed by atoms with Crippen LogP contribution >= 0.6 is 0 Å². The lowest BCUT2D eigenvalue weighted by molar-refractivity contribution is -0.126. The van der Waals surface area contributed by atoms with Gasteiger partial charge in [-0.25, -0.2) is 8.42 Å². The maximum atomic E-state index is 13.2. The number of rotatable bonds is 8. The first-order valence-electron chi connectivity index (χ1n) is 10.8. The Morgan fingerprint density at radius 3 is 2.56 bits per heavy atom. The Labute approximate surface area is 190 Å². The molecule has 1 saturated heterocycles. The minimum absolute atomic E-state index is 0.105. The molecule has 174 valence electrons. The smallest absolute Gasteiger partial charge is 0.243 e. The second-order valence-electron chi connectivity index (χ2n) is 8.20. The number of nitrogens with one attached hydrogen (secondary N) is 1. The van der Waals surface area contributed by atoms with Crippen LogP contribution in [0.2, 0.25) is 0 Å². The molecule has 1 N–H and O–H groups in total. The molecule has 8 heteroatoms. The molecule has 2 aromatic carbocycles. The van der Waals surface area contributed by atoms with E-state index >= 15 is 0 Å². The highest BCUT2D eigenvalue weighted by atomic mass is 32.2. The van der Waals surface area contributed by atoms with Gasteiger partial charge in [0.1, 0.15) is 0 Å². The molecule has 0 saturated carbocycles. The van der Waals surface area contributed by atoms with Crippen LogP contribution in [-0.2, 0) is 21.2 Å². The molecule has 1 amide bonds. The van der Waals surface area contributed by atoms with Crippen LogP contribution < -0.4 is 14.8 Å². The summed E-state index contributed by atoms with van der Waals surface area (Å²) in [4.78, 5) is 13.1. The fraction of sp³-hybridized carbons (Fsp3) is 0.458. The number of benzene rings is 2. The summed E-state index contributed by atoms with van der Waals surface area (Å²) >= 11 is 0. The SMILES string of the molecule is COc1ccc(CCNC(=O)[C@@H]2CCCN(S(=O)(=O)c3cc(C)ccc3C)C2)cc1OC. The van der Waals surface area contributed by atoms with Crippen LogP contribution in [0.1, 0.15) is 29.5 Å². The Morgan fingerprint density at radius 1 is 1.09 bits per heavy atom. The van der Waals surface area contributed by atoms with E-state index in [4.69, 9.17) is 9.47 Å². The molecule has 0 unspecified atom stereocenters. The van der Waals surface area contributed by atoms with Crippen LogP contribution in [0.3, 0.4) is 0 Å². The van der Waals surface area contributed by atoms with Crippen molar-refractivity contribution in [1.29, 1.82) is 0 Å². The molecule has 1 aliphatic heterocycles. The van der Waals surface area contributed by atoms with Crippen LogP contribution in [0.4, 0.5) is 0 Å². The summed E-state index contributed by atoms with van der Waals surface area (Å²) in [6.07, 6.45) is 1.99. The van der Waals surface area contributed by atoms with Gasteiger partial charge in [0.05, 0.1) is 25.0 Å². The van der Waals surface area contributed by atoms with Crippen molar-refractivity contribution in [1.82, 2.24) is 9.62 Å². The number of piperidine rings is 1. The summed E-state index contributed by atoms with van der Waals surface area (Å²) in [7, 11) is -0.455. The highest BCUT2D eigenvalue weighted by Gasteiger charge is 2.34. The van der Waals surface area contributed by atoms with E-state index in [-0.39, 0.29) is 18.4 Å². The minimum atomic E-state index is -3.63. The number of sulfonamides is 1. The molecule has 7 nitrogen and oxygen atoms in total. The first kappa shape index (κ1) is 24.1. The molecule has 2 aromatic rings. The number of carbonyl (C=O) groups is 1. The van der Waals surface area contributed by atoms with E-state index in [0.717, 1.165) is 16.7 Å². The van der Waals surface area contributed by atoms with Gasteiger partial charge in [-0.1, -0.05) is 18.2 Å². The van der Waals surface area contributed by atoms with Crippen molar-refractivity contribution in [2.24, 2.45) is 5.92 Å². The largest absolute Gasteiger partial charge is 0.493 e. The van der Waals surface area contributed by atoms with E-state index < -0.39 is 10.0 Å². The standard InChI is InChI=1S/C24H32N2O5S/c1-17-7-8-18(2)23(14-17)32(28,29)26-13-5-6-20(16-26)24(27)25-12-11-19-9-10-21(30-3)22(15-19)31-4/h7-10,14-15,20H,5-6,11-13,16H2,1-4H3,(H,25,27)/t20-/m1/s1. The van der Waals surface area contributed by atoms with Crippen molar-refractivity contribution in [2.45, 2.75) is 38.0 Å². The summed E-state index contributed by atoms with van der Waals surface area (Å²) in [6, 6.07) is 11.1. The normalized spacial score (nSPS) is 17.1. The third kappa shape index (κ3) is 5.42. The van der Waals surface area contributed by atoms with Gasteiger partial charge in [-0.15, -0.1) is 0 Å². The lowest BCUT2D eigenvalue weighted by atomic mass is 9.99. The molecule has 0 aromatic heterocycles. The maximum Gasteiger partial charge on any atom is 0.243 e. The van der Waals surface area contributed by atoms with Gasteiger partial charge in [-0.05, 0) is 68.0 Å². The van der Waals surface area contributed by atoms with Gasteiger partial charge in [0, 0.05) is 19.6 Å². The number of carbonyl (C=O) groups excluding carboxylic acids is 1. The summed E-state index contributed by atoms with van der Waals surface area (Å²) in [5.41, 5.74) is 2.64. The minimum Gasteiger partial charge on any atom is -0.493 e. The molecule has 0 radical (unpaired) electrons. The van der Waals surface area contributed by atoms with Gasteiger partial charge in [0.25, 0.3) is 0 Å². The second kappa shape index (κ2) is 10.4. The first-order valence-corrected chi connectivity index (χ1v) is 12.3. The summed E-state index contributed by atoms with van der Waals surface area (Å²) in [5.74, 6) is 0.851. The number of hydrogen-bond donors (Lipinski definition) is 1. The fourth-order valence-electron chi connectivity index (χ4n) is 4.01. The van der Waals surface area contributed by atoms with Crippen molar-refractivity contribution < 1.29 is 22.7 Å². The first-order chi connectivity index (χ1) is 15.3. The fourth-order valence-corrected chi connectivity index (χ4v) is 5.84. The predicted molar refractivity (Wildman–Crippen MR) is 124 cm³/mol. The predicted octanol–water partition coefficient (Wildman–Crippen LogP) is 3.08. The molecular weight excluding hydrogens is 428 g/mol. The number of aryl methyl sites for hydroxylation is 2. The summed E-state index contributed by atoms with van der Waals surface area (Å²) in [5, 5.41) is 2.97. The van der Waals surface area contributed by atoms with E-state index in [0.29, 0.717) is 48.7 Å². The summed E-state index contributed by atoms with van der Waals surface area (Å²) < 4.78 is 38.4. The van der Waals surface area contributed by atoms with Crippen LogP contribution in [0.5, 0.6) is 11.5 Å². The molecular formula is C24H32N2O5S. The van der Waals surface area contributed by atoms with Crippen LogP contribution in [0.25, 0.3) is 0 Å². The van der Waals surface area contributed by atoms with Crippen molar-refractivity contribution >= 4 is 15.9 Å². The molecule has 1 fully saturated rings. The van der Waals surface area contributed by atoms with Gasteiger partial charge < -0.3 is 14.8 Å². The Bertz CT molecular complexity index is 1070. The second-order valence-corrected chi connectivity index (χ2v) is 10.1. The lowest BCUT2D eigenvalue weighted by Gasteiger charge is -2.31. The monoisotopic (exact) mass is 460 g/mol.